The van der Waals surface area contributed by atoms with Crippen molar-refractivity contribution in [1.29, 1.82) is 0 Å². The lowest BCUT2D eigenvalue weighted by molar-refractivity contribution is 0.302. The molecular formula is C6H13N3. The maximum atomic E-state index is 5.36. The molecule has 52 valence electrons. The summed E-state index contributed by atoms with van der Waals surface area (Å²) >= 11 is 0. The molecule has 1 aliphatic heterocycles. The maximum Gasteiger partial charge on any atom is 0.0891 e. The highest BCUT2D eigenvalue weighted by Gasteiger charge is 2.05. The van der Waals surface area contributed by atoms with E-state index in [4.69, 9.17) is 5.73 Å². The van der Waals surface area contributed by atoms with Gasteiger partial charge in [0.1, 0.15) is 0 Å². The van der Waals surface area contributed by atoms with Gasteiger partial charge in [0.2, 0.25) is 0 Å². The third-order valence-electron chi connectivity index (χ3n) is 1.35. The van der Waals surface area contributed by atoms with Crippen LogP contribution >= 0.6 is 0 Å². The third-order valence-corrected chi connectivity index (χ3v) is 1.35. The second-order valence-electron chi connectivity index (χ2n) is 2.30. The molecule has 0 atom stereocenters. The van der Waals surface area contributed by atoms with Gasteiger partial charge in [0.15, 0.2) is 0 Å². The lowest BCUT2D eigenvalue weighted by Crippen LogP contribution is -2.27. The molecule has 0 spiro atoms. The minimum atomic E-state index is 0.734. The van der Waals surface area contributed by atoms with Gasteiger partial charge >= 0.3 is 0 Å². The van der Waals surface area contributed by atoms with Crippen molar-refractivity contribution in [1.82, 2.24) is 9.80 Å². The molecule has 0 unspecified atom stereocenters. The van der Waals surface area contributed by atoms with Crippen LogP contribution in [0, 0.1) is 0 Å². The van der Waals surface area contributed by atoms with Gasteiger partial charge in [0, 0.05) is 32.5 Å². The molecule has 0 amide bonds. The van der Waals surface area contributed by atoms with Crippen LogP contribution in [0.2, 0.25) is 0 Å². The molecule has 0 aromatic rings. The number of hydrogen-bond acceptors (Lipinski definition) is 3. The van der Waals surface area contributed by atoms with Crippen molar-refractivity contribution in [2.75, 3.05) is 26.8 Å². The van der Waals surface area contributed by atoms with Crippen molar-refractivity contribution < 1.29 is 0 Å². The lowest BCUT2D eigenvalue weighted by Gasteiger charge is -2.16. The van der Waals surface area contributed by atoms with E-state index in [9.17, 15) is 0 Å². The Balaban J connectivity index is 2.24. The Kier molecular flexibility index (Phi) is 1.95. The highest BCUT2D eigenvalue weighted by atomic mass is 15.3. The summed E-state index contributed by atoms with van der Waals surface area (Å²) in [5.74, 6) is 0. The monoisotopic (exact) mass is 127 g/mol. The van der Waals surface area contributed by atoms with Gasteiger partial charge in [-0.2, -0.15) is 0 Å². The molecule has 0 bridgehead atoms. The van der Waals surface area contributed by atoms with Crippen LogP contribution < -0.4 is 5.73 Å². The summed E-state index contributed by atoms with van der Waals surface area (Å²) in [6, 6.07) is 0. The summed E-state index contributed by atoms with van der Waals surface area (Å²) in [5.41, 5.74) is 5.36. The Bertz CT molecular complexity index is 111. The maximum absolute atomic E-state index is 5.36. The second kappa shape index (κ2) is 2.73. The predicted octanol–water partition coefficient (Wildman–Crippen LogP) is -0.379. The summed E-state index contributed by atoms with van der Waals surface area (Å²) < 4.78 is 0. The van der Waals surface area contributed by atoms with E-state index < -0.39 is 0 Å². The van der Waals surface area contributed by atoms with E-state index in [1.54, 1.807) is 0 Å². The Hall–Kier alpha value is -0.700. The molecule has 0 aliphatic carbocycles. The van der Waals surface area contributed by atoms with Gasteiger partial charge in [-0.1, -0.05) is 0 Å². The van der Waals surface area contributed by atoms with Crippen LogP contribution in [0.4, 0.5) is 0 Å². The first-order valence-electron chi connectivity index (χ1n) is 3.15. The highest BCUT2D eigenvalue weighted by Crippen LogP contribution is 2.00. The Morgan fingerprint density at radius 2 is 2.33 bits per heavy atom. The molecule has 1 heterocycles. The van der Waals surface area contributed by atoms with Gasteiger partial charge in [0.25, 0.3) is 0 Å². The highest BCUT2D eigenvalue weighted by molar-refractivity contribution is 4.88. The zero-order valence-electron chi connectivity index (χ0n) is 5.75. The van der Waals surface area contributed by atoms with Gasteiger partial charge in [-0.25, -0.2) is 0 Å². The van der Waals surface area contributed by atoms with Crippen LogP contribution in [0.5, 0.6) is 0 Å². The molecule has 0 aromatic carbocycles. The Labute approximate surface area is 55.7 Å². The van der Waals surface area contributed by atoms with Crippen LogP contribution in [0.1, 0.15) is 0 Å². The number of nitrogens with zero attached hydrogens (tertiary/aromatic N) is 2. The fraction of sp³-hybridized carbons (Fsp3) is 0.667. The summed E-state index contributed by atoms with van der Waals surface area (Å²) in [7, 11) is 2.05. The SMILES string of the molecule is CN1C=CN(CCN)C1. The predicted molar refractivity (Wildman–Crippen MR) is 37.5 cm³/mol. The first-order chi connectivity index (χ1) is 4.33. The zero-order chi connectivity index (χ0) is 6.69. The number of hydrogen-bond donors (Lipinski definition) is 1. The minimum absolute atomic E-state index is 0.734. The van der Waals surface area contributed by atoms with Crippen molar-refractivity contribution in [2.45, 2.75) is 0 Å². The topological polar surface area (TPSA) is 32.5 Å². The molecule has 9 heavy (non-hydrogen) atoms. The van der Waals surface area contributed by atoms with E-state index in [-0.39, 0.29) is 0 Å². The van der Waals surface area contributed by atoms with Crippen molar-refractivity contribution in [3.63, 3.8) is 0 Å². The first kappa shape index (κ1) is 6.42. The third kappa shape index (κ3) is 1.61. The smallest absolute Gasteiger partial charge is 0.0891 e. The zero-order valence-corrected chi connectivity index (χ0v) is 5.75. The van der Waals surface area contributed by atoms with Crippen LogP contribution in [0.25, 0.3) is 0 Å². The van der Waals surface area contributed by atoms with E-state index in [0.717, 1.165) is 19.8 Å². The molecule has 3 nitrogen and oxygen atoms in total. The molecule has 0 aromatic heterocycles. The summed E-state index contributed by atoms with van der Waals surface area (Å²) in [4.78, 5) is 4.30. The van der Waals surface area contributed by atoms with Gasteiger partial charge in [0.05, 0.1) is 6.67 Å². The fourth-order valence-electron chi connectivity index (χ4n) is 0.900. The van der Waals surface area contributed by atoms with Gasteiger partial charge in [-0.05, 0) is 0 Å². The fourth-order valence-corrected chi connectivity index (χ4v) is 0.900. The molecule has 0 saturated heterocycles. The minimum Gasteiger partial charge on any atom is -0.362 e. The molecule has 0 saturated carbocycles. The van der Waals surface area contributed by atoms with E-state index in [1.165, 1.54) is 0 Å². The number of rotatable bonds is 2. The van der Waals surface area contributed by atoms with Crippen molar-refractivity contribution in [2.24, 2.45) is 5.73 Å². The summed E-state index contributed by atoms with van der Waals surface area (Å²) in [5, 5.41) is 0. The van der Waals surface area contributed by atoms with E-state index in [0.29, 0.717) is 0 Å². The van der Waals surface area contributed by atoms with Gasteiger partial charge < -0.3 is 15.5 Å². The summed E-state index contributed by atoms with van der Waals surface area (Å²) in [6.45, 7) is 2.68. The largest absolute Gasteiger partial charge is 0.362 e. The molecule has 2 N–H and O–H groups in total. The Morgan fingerprint density at radius 3 is 2.78 bits per heavy atom. The van der Waals surface area contributed by atoms with Crippen LogP contribution in [-0.4, -0.2) is 36.6 Å². The molecule has 0 radical (unpaired) electrons. The quantitative estimate of drug-likeness (QED) is 0.549. The first-order valence-corrected chi connectivity index (χ1v) is 3.15. The normalized spacial score (nSPS) is 17.6. The molecule has 1 aliphatic rings. The molecular weight excluding hydrogens is 114 g/mol. The summed E-state index contributed by atoms with van der Waals surface area (Å²) in [6.07, 6.45) is 4.11. The van der Waals surface area contributed by atoms with Crippen molar-refractivity contribution >= 4 is 0 Å². The van der Waals surface area contributed by atoms with Crippen LogP contribution in [0.15, 0.2) is 12.4 Å². The Morgan fingerprint density at radius 1 is 1.56 bits per heavy atom. The lowest BCUT2D eigenvalue weighted by atomic mass is 10.6. The second-order valence-corrected chi connectivity index (χ2v) is 2.30. The van der Waals surface area contributed by atoms with E-state index in [2.05, 4.69) is 22.2 Å². The average Bonchev–Trinajstić information content (AvgIpc) is 2.17. The van der Waals surface area contributed by atoms with Crippen LogP contribution in [-0.2, 0) is 0 Å². The molecule has 0 fully saturated rings. The van der Waals surface area contributed by atoms with E-state index >= 15 is 0 Å². The standard InChI is InChI=1S/C6H13N3/c1-8-4-5-9(6-8)3-2-7/h4-5H,2-3,6-7H2,1H3. The van der Waals surface area contributed by atoms with Gasteiger partial charge in [-0.3, -0.25) is 0 Å². The van der Waals surface area contributed by atoms with Crippen molar-refractivity contribution in [3.8, 4) is 0 Å². The van der Waals surface area contributed by atoms with E-state index in [1.807, 2.05) is 7.05 Å². The molecule has 3 heteroatoms. The molecule has 1 rings (SSSR count). The van der Waals surface area contributed by atoms with Crippen molar-refractivity contribution in [3.05, 3.63) is 12.4 Å². The average molecular weight is 127 g/mol. The van der Waals surface area contributed by atoms with Gasteiger partial charge in [-0.15, -0.1) is 0 Å². The number of nitrogens with two attached hydrogens (primary N) is 1. The van der Waals surface area contributed by atoms with Crippen LogP contribution in [0.3, 0.4) is 0 Å².